The molecule has 3 nitrogen and oxygen atoms in total. The molecule has 0 unspecified atom stereocenters. The lowest BCUT2D eigenvalue weighted by Crippen LogP contribution is -2.36. The van der Waals surface area contributed by atoms with E-state index in [2.05, 4.69) is 29.4 Å². The zero-order valence-corrected chi connectivity index (χ0v) is 13.1. The average molecular weight is 306 g/mol. The van der Waals surface area contributed by atoms with Crippen LogP contribution in [0.3, 0.4) is 0 Å². The Morgan fingerprint density at radius 1 is 1.30 bits per heavy atom. The van der Waals surface area contributed by atoms with Crippen molar-refractivity contribution in [3.8, 4) is 9.88 Å². The molecule has 1 saturated carbocycles. The molecule has 2 heterocycles. The number of hydrogen-bond acceptors (Lipinski definition) is 4. The highest BCUT2D eigenvalue weighted by Crippen LogP contribution is 2.30. The van der Waals surface area contributed by atoms with Crippen LogP contribution in [0, 0.1) is 6.92 Å². The van der Waals surface area contributed by atoms with Gasteiger partial charge < -0.3 is 5.32 Å². The molecule has 2 aromatic rings. The molecule has 3 rings (SSSR count). The molecule has 0 saturated heterocycles. The van der Waals surface area contributed by atoms with Crippen LogP contribution in [0.25, 0.3) is 9.88 Å². The molecule has 1 fully saturated rings. The highest BCUT2D eigenvalue weighted by Gasteiger charge is 2.18. The first kappa shape index (κ1) is 13.8. The summed E-state index contributed by atoms with van der Waals surface area (Å²) in [7, 11) is 0. The van der Waals surface area contributed by atoms with Crippen molar-refractivity contribution >= 4 is 28.6 Å². The van der Waals surface area contributed by atoms with E-state index in [0.717, 1.165) is 22.7 Å². The number of hydrogen-bond donors (Lipinski definition) is 1. The van der Waals surface area contributed by atoms with Crippen LogP contribution < -0.4 is 5.32 Å². The molecule has 20 heavy (non-hydrogen) atoms. The minimum absolute atomic E-state index is 0.0207. The number of nitrogens with zero attached hydrogens (tertiary/aromatic N) is 1. The molecule has 0 atom stereocenters. The lowest BCUT2D eigenvalue weighted by molar-refractivity contribution is 0.0923. The molecular formula is C15H18N2OS2. The summed E-state index contributed by atoms with van der Waals surface area (Å²) in [6.07, 6.45) is 5.95. The van der Waals surface area contributed by atoms with E-state index in [9.17, 15) is 4.79 Å². The fourth-order valence-corrected chi connectivity index (χ4v) is 4.29. The molecule has 1 amide bonds. The number of rotatable bonds is 3. The first-order valence-electron chi connectivity index (χ1n) is 7.05. The van der Waals surface area contributed by atoms with Gasteiger partial charge in [0.15, 0.2) is 0 Å². The summed E-state index contributed by atoms with van der Waals surface area (Å²) in [4.78, 5) is 19.1. The predicted octanol–water partition coefficient (Wildman–Crippen LogP) is 4.24. The Balaban J connectivity index is 1.68. The highest BCUT2D eigenvalue weighted by molar-refractivity contribution is 7.21. The van der Waals surface area contributed by atoms with Crippen LogP contribution in [0.1, 0.15) is 47.5 Å². The molecular weight excluding hydrogens is 288 g/mol. The number of aromatic nitrogens is 1. The lowest BCUT2D eigenvalue weighted by atomic mass is 9.95. The van der Waals surface area contributed by atoms with Crippen molar-refractivity contribution in [1.82, 2.24) is 10.3 Å². The Hall–Kier alpha value is -1.20. The fraction of sp³-hybridized carbons (Fsp3) is 0.467. The van der Waals surface area contributed by atoms with Gasteiger partial charge in [-0.25, -0.2) is 4.98 Å². The van der Waals surface area contributed by atoms with Crippen molar-refractivity contribution in [3.63, 3.8) is 0 Å². The van der Waals surface area contributed by atoms with E-state index in [-0.39, 0.29) is 5.91 Å². The maximum absolute atomic E-state index is 12.2. The molecule has 0 aromatic carbocycles. The number of thiazole rings is 1. The van der Waals surface area contributed by atoms with E-state index in [1.165, 1.54) is 24.1 Å². The molecule has 1 N–H and O–H groups in total. The van der Waals surface area contributed by atoms with Gasteiger partial charge in [0.25, 0.3) is 5.91 Å². The first-order valence-corrected chi connectivity index (χ1v) is 8.75. The smallest absolute Gasteiger partial charge is 0.270 e. The number of carbonyl (C=O) groups excluding carboxylic acids is 1. The molecule has 106 valence electrons. The van der Waals surface area contributed by atoms with Gasteiger partial charge in [0.2, 0.25) is 0 Å². The van der Waals surface area contributed by atoms with Crippen LogP contribution >= 0.6 is 22.7 Å². The Labute approximate surface area is 127 Å². The van der Waals surface area contributed by atoms with Gasteiger partial charge in [-0.15, -0.1) is 22.7 Å². The normalized spacial score (nSPS) is 16.2. The predicted molar refractivity (Wildman–Crippen MR) is 84.5 cm³/mol. The van der Waals surface area contributed by atoms with E-state index < -0.39 is 0 Å². The summed E-state index contributed by atoms with van der Waals surface area (Å²) in [6, 6.07) is 4.50. The average Bonchev–Trinajstić information content (AvgIpc) is 3.08. The number of amides is 1. The second-order valence-corrected chi connectivity index (χ2v) is 7.40. The van der Waals surface area contributed by atoms with Crippen molar-refractivity contribution in [2.75, 3.05) is 0 Å². The van der Waals surface area contributed by atoms with Gasteiger partial charge >= 0.3 is 0 Å². The van der Waals surface area contributed by atoms with E-state index in [0.29, 0.717) is 11.7 Å². The van der Waals surface area contributed by atoms with Crippen LogP contribution in [0.2, 0.25) is 0 Å². The zero-order valence-electron chi connectivity index (χ0n) is 11.5. The molecule has 1 aliphatic carbocycles. The summed E-state index contributed by atoms with van der Waals surface area (Å²) >= 11 is 3.26. The van der Waals surface area contributed by atoms with Gasteiger partial charge in [-0.3, -0.25) is 4.79 Å². The van der Waals surface area contributed by atoms with Gasteiger partial charge in [0.05, 0.1) is 4.88 Å². The summed E-state index contributed by atoms with van der Waals surface area (Å²) in [6.45, 7) is 2.08. The van der Waals surface area contributed by atoms with Crippen molar-refractivity contribution < 1.29 is 4.79 Å². The molecule has 2 aromatic heterocycles. The van der Waals surface area contributed by atoms with E-state index >= 15 is 0 Å². The minimum atomic E-state index is -0.0207. The lowest BCUT2D eigenvalue weighted by Gasteiger charge is -2.22. The number of carbonyl (C=O) groups is 1. The molecule has 5 heteroatoms. The summed E-state index contributed by atoms with van der Waals surface area (Å²) in [5, 5.41) is 5.92. The SMILES string of the molecule is Cc1ccc(-c2nc(C(=O)NC3CCCCC3)cs2)s1. The Morgan fingerprint density at radius 2 is 2.10 bits per heavy atom. The van der Waals surface area contributed by atoms with Crippen LogP contribution in [0.4, 0.5) is 0 Å². The van der Waals surface area contributed by atoms with E-state index in [1.54, 1.807) is 22.7 Å². The van der Waals surface area contributed by atoms with Crippen molar-refractivity contribution in [1.29, 1.82) is 0 Å². The highest BCUT2D eigenvalue weighted by atomic mass is 32.1. The zero-order chi connectivity index (χ0) is 13.9. The number of thiophene rings is 1. The van der Waals surface area contributed by atoms with Gasteiger partial charge in [-0.05, 0) is 31.9 Å². The van der Waals surface area contributed by atoms with Gasteiger partial charge in [-0.1, -0.05) is 19.3 Å². The topological polar surface area (TPSA) is 42.0 Å². The second-order valence-electron chi connectivity index (χ2n) is 5.26. The Kier molecular flexibility index (Phi) is 4.17. The molecule has 0 bridgehead atoms. The third-order valence-corrected chi connectivity index (χ3v) is 5.64. The fourth-order valence-electron chi connectivity index (χ4n) is 2.55. The van der Waals surface area contributed by atoms with Crippen LogP contribution in [-0.4, -0.2) is 16.9 Å². The second kappa shape index (κ2) is 6.06. The van der Waals surface area contributed by atoms with Crippen molar-refractivity contribution in [2.45, 2.75) is 45.1 Å². The van der Waals surface area contributed by atoms with Crippen molar-refractivity contribution in [3.05, 3.63) is 28.1 Å². The van der Waals surface area contributed by atoms with Crippen LogP contribution in [0.15, 0.2) is 17.5 Å². The Morgan fingerprint density at radius 3 is 2.80 bits per heavy atom. The summed E-state index contributed by atoms with van der Waals surface area (Å²) in [5.74, 6) is -0.0207. The van der Waals surface area contributed by atoms with Crippen LogP contribution in [-0.2, 0) is 0 Å². The van der Waals surface area contributed by atoms with Crippen molar-refractivity contribution in [2.24, 2.45) is 0 Å². The molecule has 0 spiro atoms. The summed E-state index contributed by atoms with van der Waals surface area (Å²) in [5.41, 5.74) is 0.557. The minimum Gasteiger partial charge on any atom is -0.348 e. The summed E-state index contributed by atoms with van der Waals surface area (Å²) < 4.78 is 0. The maximum Gasteiger partial charge on any atom is 0.270 e. The molecule has 0 radical (unpaired) electrons. The van der Waals surface area contributed by atoms with Crippen LogP contribution in [0.5, 0.6) is 0 Å². The molecule has 0 aliphatic heterocycles. The van der Waals surface area contributed by atoms with Gasteiger partial charge in [0.1, 0.15) is 10.7 Å². The van der Waals surface area contributed by atoms with E-state index in [4.69, 9.17) is 0 Å². The monoisotopic (exact) mass is 306 g/mol. The van der Waals surface area contributed by atoms with E-state index in [1.807, 2.05) is 5.38 Å². The largest absolute Gasteiger partial charge is 0.348 e. The third-order valence-electron chi connectivity index (χ3n) is 3.63. The quantitative estimate of drug-likeness (QED) is 0.921. The third kappa shape index (κ3) is 3.10. The standard InChI is InChI=1S/C15H18N2OS2/c1-10-7-8-13(20-10)15-17-12(9-19-15)14(18)16-11-5-3-2-4-6-11/h7-9,11H,2-6H2,1H3,(H,16,18). The number of nitrogens with one attached hydrogen (secondary N) is 1. The maximum atomic E-state index is 12.2. The van der Waals surface area contributed by atoms with Gasteiger partial charge in [0, 0.05) is 16.3 Å². The first-order chi connectivity index (χ1) is 9.72. The Bertz CT molecular complexity index is 597. The number of aryl methyl sites for hydroxylation is 1. The van der Waals surface area contributed by atoms with Gasteiger partial charge in [-0.2, -0.15) is 0 Å². The molecule has 1 aliphatic rings.